The zero-order valence-corrected chi connectivity index (χ0v) is 19.1. The number of aromatic hydroxyl groups is 1. The topological polar surface area (TPSA) is 82.3 Å². The maximum Gasteiger partial charge on any atom is 0.266 e. The highest BCUT2D eigenvalue weighted by Crippen LogP contribution is 2.29. The Morgan fingerprint density at radius 2 is 1.85 bits per heavy atom. The highest BCUT2D eigenvalue weighted by molar-refractivity contribution is 6.32. The van der Waals surface area contributed by atoms with Crippen LogP contribution >= 0.6 is 11.6 Å². The second-order valence-electron chi connectivity index (χ2n) is 7.73. The standard InChI is InChI=1S/C28H21ClN2O3/c1-18-6-8-20-4-2-3-5-24(20)25(18)17-34-27-13-7-19(15-26(27)29)14-21(16-30)28(33)31-22-9-11-23(32)12-10-22/h2-15,32H,17H2,1H3,(H,31,33)/b21-14+. The molecule has 1 amide bonds. The van der Waals surface area contributed by atoms with E-state index >= 15 is 0 Å². The van der Waals surface area contributed by atoms with Crippen molar-refractivity contribution in [3.05, 3.63) is 106 Å². The normalized spacial score (nSPS) is 11.1. The van der Waals surface area contributed by atoms with Gasteiger partial charge in [0, 0.05) is 11.3 Å². The van der Waals surface area contributed by atoms with Crippen LogP contribution in [-0.4, -0.2) is 11.0 Å². The lowest BCUT2D eigenvalue weighted by Gasteiger charge is -2.13. The number of nitrogens with zero attached hydrogens (tertiary/aromatic N) is 1. The molecule has 0 aliphatic heterocycles. The van der Waals surface area contributed by atoms with E-state index in [0.717, 1.165) is 21.9 Å². The Bertz CT molecular complexity index is 1440. The first kappa shape index (κ1) is 22.9. The minimum absolute atomic E-state index is 0.0795. The summed E-state index contributed by atoms with van der Waals surface area (Å²) in [5, 5.41) is 24.1. The Morgan fingerprint density at radius 3 is 2.59 bits per heavy atom. The van der Waals surface area contributed by atoms with Gasteiger partial charge in [0.05, 0.1) is 5.02 Å². The largest absolute Gasteiger partial charge is 0.508 e. The number of fused-ring (bicyclic) bond motifs is 1. The number of hydrogen-bond acceptors (Lipinski definition) is 4. The number of nitrogens with one attached hydrogen (secondary N) is 1. The second kappa shape index (κ2) is 10.1. The van der Waals surface area contributed by atoms with Gasteiger partial charge in [-0.05, 0) is 71.3 Å². The quantitative estimate of drug-likeness (QED) is 0.189. The van der Waals surface area contributed by atoms with E-state index in [0.29, 0.717) is 28.6 Å². The third kappa shape index (κ3) is 5.20. The number of carbonyl (C=O) groups is 1. The molecule has 34 heavy (non-hydrogen) atoms. The molecule has 0 spiro atoms. The number of aryl methyl sites for hydroxylation is 1. The summed E-state index contributed by atoms with van der Waals surface area (Å²) >= 11 is 6.44. The summed E-state index contributed by atoms with van der Waals surface area (Å²) in [5.74, 6) is 0.0379. The third-order valence-corrected chi connectivity index (χ3v) is 5.70. The van der Waals surface area contributed by atoms with E-state index in [-0.39, 0.29) is 11.3 Å². The molecule has 168 valence electrons. The van der Waals surface area contributed by atoms with Crippen LogP contribution in [0.5, 0.6) is 11.5 Å². The Hall–Kier alpha value is -4.27. The number of amides is 1. The zero-order chi connectivity index (χ0) is 24.1. The summed E-state index contributed by atoms with van der Waals surface area (Å²) < 4.78 is 6.02. The molecule has 6 heteroatoms. The van der Waals surface area contributed by atoms with Gasteiger partial charge in [0.1, 0.15) is 29.7 Å². The minimum Gasteiger partial charge on any atom is -0.508 e. The number of phenols is 1. The highest BCUT2D eigenvalue weighted by atomic mass is 35.5. The van der Waals surface area contributed by atoms with Gasteiger partial charge in [-0.1, -0.05) is 54.1 Å². The first-order valence-electron chi connectivity index (χ1n) is 10.6. The van der Waals surface area contributed by atoms with Crippen molar-refractivity contribution < 1.29 is 14.6 Å². The van der Waals surface area contributed by atoms with Crippen molar-refractivity contribution in [3.63, 3.8) is 0 Å². The van der Waals surface area contributed by atoms with Crippen molar-refractivity contribution in [1.29, 1.82) is 5.26 Å². The molecule has 0 saturated carbocycles. The van der Waals surface area contributed by atoms with Crippen LogP contribution in [0.15, 0.2) is 84.4 Å². The molecule has 0 heterocycles. The molecular formula is C28H21ClN2O3. The van der Waals surface area contributed by atoms with E-state index in [4.69, 9.17) is 16.3 Å². The van der Waals surface area contributed by atoms with E-state index in [9.17, 15) is 15.2 Å². The maximum atomic E-state index is 12.5. The molecule has 0 aliphatic rings. The molecular weight excluding hydrogens is 448 g/mol. The summed E-state index contributed by atoms with van der Waals surface area (Å²) in [6.45, 7) is 2.41. The van der Waals surface area contributed by atoms with Gasteiger partial charge in [-0.2, -0.15) is 5.26 Å². The van der Waals surface area contributed by atoms with Crippen LogP contribution in [0.1, 0.15) is 16.7 Å². The molecule has 0 aromatic heterocycles. The SMILES string of the molecule is Cc1ccc2ccccc2c1COc1ccc(/C=C(\C#N)C(=O)Nc2ccc(O)cc2)cc1Cl. The van der Waals surface area contributed by atoms with E-state index < -0.39 is 5.91 Å². The van der Waals surface area contributed by atoms with Crippen molar-refractivity contribution in [3.8, 4) is 17.6 Å². The summed E-state index contributed by atoms with van der Waals surface area (Å²) in [7, 11) is 0. The monoisotopic (exact) mass is 468 g/mol. The zero-order valence-electron chi connectivity index (χ0n) is 18.4. The second-order valence-corrected chi connectivity index (χ2v) is 8.14. The lowest BCUT2D eigenvalue weighted by Crippen LogP contribution is -2.13. The fraction of sp³-hybridized carbons (Fsp3) is 0.0714. The van der Waals surface area contributed by atoms with Crippen LogP contribution < -0.4 is 10.1 Å². The first-order valence-corrected chi connectivity index (χ1v) is 10.9. The lowest BCUT2D eigenvalue weighted by molar-refractivity contribution is -0.112. The summed E-state index contributed by atoms with van der Waals surface area (Å²) in [4.78, 5) is 12.5. The minimum atomic E-state index is -0.559. The third-order valence-electron chi connectivity index (χ3n) is 5.40. The maximum absolute atomic E-state index is 12.5. The van der Waals surface area contributed by atoms with Gasteiger partial charge >= 0.3 is 0 Å². The van der Waals surface area contributed by atoms with Crippen LogP contribution in [0.3, 0.4) is 0 Å². The Kier molecular flexibility index (Phi) is 6.82. The molecule has 0 atom stereocenters. The van der Waals surface area contributed by atoms with Gasteiger partial charge in [0.2, 0.25) is 0 Å². The van der Waals surface area contributed by atoms with Gasteiger partial charge in [-0.3, -0.25) is 4.79 Å². The predicted octanol–water partition coefficient (Wildman–Crippen LogP) is 6.63. The Morgan fingerprint density at radius 1 is 1.09 bits per heavy atom. The van der Waals surface area contributed by atoms with Crippen molar-refractivity contribution in [2.45, 2.75) is 13.5 Å². The number of nitriles is 1. The van der Waals surface area contributed by atoms with Crippen molar-refractivity contribution in [1.82, 2.24) is 0 Å². The fourth-order valence-corrected chi connectivity index (χ4v) is 3.81. The van der Waals surface area contributed by atoms with E-state index in [1.54, 1.807) is 30.3 Å². The summed E-state index contributed by atoms with van der Waals surface area (Å²) in [5.41, 5.74) is 3.21. The Balaban J connectivity index is 1.50. The molecule has 4 aromatic rings. The average Bonchev–Trinajstić information content (AvgIpc) is 2.84. The van der Waals surface area contributed by atoms with Crippen molar-refractivity contribution in [2.75, 3.05) is 5.32 Å². The summed E-state index contributed by atoms with van der Waals surface area (Å²) in [6, 6.07) is 25.3. The fourth-order valence-electron chi connectivity index (χ4n) is 3.57. The molecule has 5 nitrogen and oxygen atoms in total. The Labute approximate surface area is 202 Å². The van der Waals surface area contributed by atoms with E-state index in [2.05, 4.69) is 29.6 Å². The number of benzene rings is 4. The molecule has 0 saturated heterocycles. The lowest BCUT2D eigenvalue weighted by atomic mass is 10.0. The molecule has 2 N–H and O–H groups in total. The van der Waals surface area contributed by atoms with Crippen LogP contribution in [0.25, 0.3) is 16.8 Å². The van der Waals surface area contributed by atoms with Gasteiger partial charge in [-0.15, -0.1) is 0 Å². The van der Waals surface area contributed by atoms with Gasteiger partial charge in [0.25, 0.3) is 5.91 Å². The number of carbonyl (C=O) groups excluding carboxylic acids is 1. The van der Waals surface area contributed by atoms with Crippen LogP contribution in [0, 0.1) is 18.3 Å². The van der Waals surface area contributed by atoms with Gasteiger partial charge in [-0.25, -0.2) is 0 Å². The number of halogens is 1. The number of phenolic OH excluding ortho intramolecular Hbond substituents is 1. The first-order chi connectivity index (χ1) is 16.4. The number of ether oxygens (including phenoxy) is 1. The molecule has 0 radical (unpaired) electrons. The smallest absolute Gasteiger partial charge is 0.266 e. The molecule has 4 rings (SSSR count). The van der Waals surface area contributed by atoms with E-state index in [1.807, 2.05) is 25.1 Å². The molecule has 0 unspecified atom stereocenters. The summed E-state index contributed by atoms with van der Waals surface area (Å²) in [6.07, 6.45) is 1.46. The molecule has 0 bridgehead atoms. The average molecular weight is 469 g/mol. The van der Waals surface area contributed by atoms with Crippen molar-refractivity contribution in [2.24, 2.45) is 0 Å². The van der Waals surface area contributed by atoms with E-state index in [1.165, 1.54) is 18.2 Å². The number of rotatable bonds is 6. The number of anilines is 1. The highest BCUT2D eigenvalue weighted by Gasteiger charge is 2.12. The van der Waals surface area contributed by atoms with Crippen molar-refractivity contribution >= 4 is 40.0 Å². The van der Waals surface area contributed by atoms with Crippen LogP contribution in [0.2, 0.25) is 5.02 Å². The predicted molar refractivity (Wildman–Crippen MR) is 135 cm³/mol. The van der Waals surface area contributed by atoms with Crippen LogP contribution in [0.4, 0.5) is 5.69 Å². The van der Waals surface area contributed by atoms with Gasteiger partial charge in [0.15, 0.2) is 0 Å². The molecule has 0 fully saturated rings. The molecule has 0 aliphatic carbocycles. The molecule has 4 aromatic carbocycles. The van der Waals surface area contributed by atoms with Crippen LogP contribution in [-0.2, 0) is 11.4 Å². The van der Waals surface area contributed by atoms with Gasteiger partial charge < -0.3 is 15.2 Å². The number of hydrogen-bond donors (Lipinski definition) is 2.